The Bertz CT molecular complexity index is 944. The van der Waals surface area contributed by atoms with Crippen molar-refractivity contribution >= 4 is 11.5 Å². The summed E-state index contributed by atoms with van der Waals surface area (Å²) in [5.41, 5.74) is 2.61. The minimum absolute atomic E-state index is 0.0955. The summed E-state index contributed by atoms with van der Waals surface area (Å²) in [5.74, 6) is 1.20. The van der Waals surface area contributed by atoms with Crippen LogP contribution in [0.5, 0.6) is 0 Å². The van der Waals surface area contributed by atoms with E-state index in [9.17, 15) is 9.90 Å². The second-order valence-corrected chi connectivity index (χ2v) is 8.13. The summed E-state index contributed by atoms with van der Waals surface area (Å²) in [6.45, 7) is 1.95. The molecule has 1 atom stereocenters. The summed E-state index contributed by atoms with van der Waals surface area (Å²) in [5, 5.41) is 17.2. The van der Waals surface area contributed by atoms with Gasteiger partial charge in [-0.3, -0.25) is 14.7 Å². The molecule has 3 aliphatic rings. The Hall–Kier alpha value is -2.25. The summed E-state index contributed by atoms with van der Waals surface area (Å²) in [4.78, 5) is 22.0. The first kappa shape index (κ1) is 16.9. The van der Waals surface area contributed by atoms with Crippen molar-refractivity contribution < 1.29 is 5.11 Å². The minimum atomic E-state index is -0.800. The molecule has 3 heterocycles. The average molecular weight is 367 g/mol. The lowest BCUT2D eigenvalue weighted by atomic mass is 9.89. The number of hydrogen-bond acceptors (Lipinski definition) is 6. The zero-order chi connectivity index (χ0) is 18.6. The molecule has 0 saturated heterocycles. The van der Waals surface area contributed by atoms with E-state index in [4.69, 9.17) is 0 Å². The van der Waals surface area contributed by atoms with Gasteiger partial charge in [-0.05, 0) is 63.0 Å². The molecule has 5 rings (SSSR count). The molecule has 1 aliphatic heterocycles. The number of aliphatic hydroxyl groups excluding tert-OH is 1. The van der Waals surface area contributed by atoms with E-state index < -0.39 is 11.9 Å². The van der Waals surface area contributed by atoms with Gasteiger partial charge in [0.1, 0.15) is 29.7 Å². The van der Waals surface area contributed by atoms with E-state index in [0.29, 0.717) is 23.1 Å². The van der Waals surface area contributed by atoms with Gasteiger partial charge >= 0.3 is 0 Å². The number of anilines is 2. The van der Waals surface area contributed by atoms with Crippen LogP contribution in [0.4, 0.5) is 11.5 Å². The summed E-state index contributed by atoms with van der Waals surface area (Å²) < 4.78 is 1.81. The van der Waals surface area contributed by atoms with Crippen molar-refractivity contribution in [2.75, 3.05) is 5.32 Å². The van der Waals surface area contributed by atoms with Crippen molar-refractivity contribution in [2.45, 2.75) is 69.7 Å². The van der Waals surface area contributed by atoms with Crippen LogP contribution in [0.15, 0.2) is 23.4 Å². The number of nitrogens with zero attached hydrogens (tertiary/aromatic N) is 3. The number of hydrogen-bond donors (Lipinski definition) is 3. The second-order valence-electron chi connectivity index (χ2n) is 8.13. The number of rotatable bonds is 3. The lowest BCUT2D eigenvalue weighted by Crippen LogP contribution is -2.48. The Morgan fingerprint density at radius 1 is 1.30 bits per heavy atom. The SMILES string of the molecule is Cc1cc(Nc2ncncc2C2CC2)c(=O)n2c1C(O)NC21CCCCC1. The molecular formula is C20H25N5O2. The topological polar surface area (TPSA) is 92.1 Å². The molecule has 7 heteroatoms. The monoisotopic (exact) mass is 367 g/mol. The number of aliphatic hydroxyl groups is 1. The van der Waals surface area contributed by atoms with Crippen molar-refractivity contribution in [2.24, 2.45) is 0 Å². The Labute approximate surface area is 157 Å². The first-order valence-corrected chi connectivity index (χ1v) is 9.89. The van der Waals surface area contributed by atoms with E-state index in [1.165, 1.54) is 12.7 Å². The largest absolute Gasteiger partial charge is 0.373 e. The van der Waals surface area contributed by atoms with Gasteiger partial charge in [-0.15, -0.1) is 0 Å². The van der Waals surface area contributed by atoms with Crippen LogP contribution in [-0.2, 0) is 5.66 Å². The van der Waals surface area contributed by atoms with Crippen LogP contribution in [0.3, 0.4) is 0 Å². The fourth-order valence-corrected chi connectivity index (χ4v) is 4.77. The molecular weight excluding hydrogens is 342 g/mol. The van der Waals surface area contributed by atoms with Crippen LogP contribution < -0.4 is 16.2 Å². The predicted molar refractivity (Wildman–Crippen MR) is 102 cm³/mol. The van der Waals surface area contributed by atoms with E-state index in [-0.39, 0.29) is 5.56 Å². The third-order valence-electron chi connectivity index (χ3n) is 6.22. The molecule has 0 radical (unpaired) electrons. The van der Waals surface area contributed by atoms with Crippen LogP contribution in [0.25, 0.3) is 0 Å². The smallest absolute Gasteiger partial charge is 0.276 e. The van der Waals surface area contributed by atoms with Crippen LogP contribution in [0.1, 0.15) is 73.9 Å². The highest BCUT2D eigenvalue weighted by Crippen LogP contribution is 2.43. The molecule has 2 aromatic rings. The average Bonchev–Trinajstić information content (AvgIpc) is 3.46. The van der Waals surface area contributed by atoms with Gasteiger partial charge in [0.2, 0.25) is 0 Å². The van der Waals surface area contributed by atoms with Crippen molar-refractivity contribution in [1.29, 1.82) is 0 Å². The molecule has 7 nitrogen and oxygen atoms in total. The quantitative estimate of drug-likeness (QED) is 0.773. The van der Waals surface area contributed by atoms with E-state index in [2.05, 4.69) is 20.6 Å². The van der Waals surface area contributed by atoms with Gasteiger partial charge in [-0.25, -0.2) is 9.97 Å². The lowest BCUT2D eigenvalue weighted by Gasteiger charge is -2.36. The fraction of sp³-hybridized carbons (Fsp3) is 0.550. The Morgan fingerprint density at radius 3 is 2.81 bits per heavy atom. The van der Waals surface area contributed by atoms with Gasteiger partial charge in [0.15, 0.2) is 0 Å². The molecule has 2 aromatic heterocycles. The Balaban J connectivity index is 1.61. The molecule has 2 fully saturated rings. The zero-order valence-corrected chi connectivity index (χ0v) is 15.5. The molecule has 0 aromatic carbocycles. The maximum Gasteiger partial charge on any atom is 0.276 e. The van der Waals surface area contributed by atoms with E-state index in [0.717, 1.165) is 49.7 Å². The first-order valence-electron chi connectivity index (χ1n) is 9.89. The van der Waals surface area contributed by atoms with Crippen molar-refractivity contribution in [3.63, 3.8) is 0 Å². The Morgan fingerprint density at radius 2 is 2.07 bits per heavy atom. The van der Waals surface area contributed by atoms with Gasteiger partial charge in [0.25, 0.3) is 5.56 Å². The highest BCUT2D eigenvalue weighted by molar-refractivity contribution is 5.61. The molecule has 2 saturated carbocycles. The molecule has 2 aliphatic carbocycles. The van der Waals surface area contributed by atoms with Gasteiger partial charge < -0.3 is 10.4 Å². The third kappa shape index (κ3) is 2.68. The number of aryl methyl sites for hydroxylation is 1. The first-order chi connectivity index (χ1) is 13.1. The van der Waals surface area contributed by atoms with E-state index in [1.807, 2.05) is 23.8 Å². The van der Waals surface area contributed by atoms with Crippen LogP contribution in [0.2, 0.25) is 0 Å². The van der Waals surface area contributed by atoms with Gasteiger partial charge in [-0.2, -0.15) is 0 Å². The maximum absolute atomic E-state index is 13.4. The Kier molecular flexibility index (Phi) is 3.84. The number of nitrogens with one attached hydrogen (secondary N) is 2. The maximum atomic E-state index is 13.4. The van der Waals surface area contributed by atoms with Crippen molar-refractivity contribution in [3.05, 3.63) is 45.8 Å². The summed E-state index contributed by atoms with van der Waals surface area (Å²) in [7, 11) is 0. The van der Waals surface area contributed by atoms with Crippen LogP contribution in [-0.4, -0.2) is 19.6 Å². The van der Waals surface area contributed by atoms with Gasteiger partial charge in [0.05, 0.1) is 5.69 Å². The molecule has 0 bridgehead atoms. The molecule has 1 spiro atoms. The zero-order valence-electron chi connectivity index (χ0n) is 15.5. The molecule has 1 unspecified atom stereocenters. The molecule has 27 heavy (non-hydrogen) atoms. The van der Waals surface area contributed by atoms with Gasteiger partial charge in [0, 0.05) is 11.8 Å². The summed E-state index contributed by atoms with van der Waals surface area (Å²) >= 11 is 0. The number of pyridine rings is 1. The number of fused-ring (bicyclic) bond motifs is 2. The van der Waals surface area contributed by atoms with Crippen molar-refractivity contribution in [3.8, 4) is 0 Å². The number of aromatic nitrogens is 3. The summed E-state index contributed by atoms with van der Waals surface area (Å²) in [6.07, 6.45) is 9.85. The van der Waals surface area contributed by atoms with Crippen LogP contribution in [0, 0.1) is 6.92 Å². The van der Waals surface area contributed by atoms with E-state index in [1.54, 1.807) is 0 Å². The lowest BCUT2D eigenvalue weighted by molar-refractivity contribution is 0.0786. The molecule has 0 amide bonds. The fourth-order valence-electron chi connectivity index (χ4n) is 4.77. The van der Waals surface area contributed by atoms with Crippen molar-refractivity contribution in [1.82, 2.24) is 19.9 Å². The summed E-state index contributed by atoms with van der Waals surface area (Å²) in [6, 6.07) is 1.83. The highest BCUT2D eigenvalue weighted by Gasteiger charge is 2.45. The molecule has 3 N–H and O–H groups in total. The van der Waals surface area contributed by atoms with Crippen LogP contribution >= 0.6 is 0 Å². The standard InChI is InChI=1S/C20H25N5O2/c1-12-9-15(23-17-14(13-5-6-13)10-21-11-22-17)19(27)25-16(12)18(26)24-20(25)7-3-2-4-8-20/h9-11,13,18,24,26H,2-8H2,1H3,(H,21,22,23). The normalized spacial score (nSPS) is 23.4. The third-order valence-corrected chi connectivity index (χ3v) is 6.22. The minimum Gasteiger partial charge on any atom is -0.373 e. The molecule has 142 valence electrons. The second kappa shape index (κ2) is 6.14. The van der Waals surface area contributed by atoms with E-state index >= 15 is 0 Å². The highest BCUT2D eigenvalue weighted by atomic mass is 16.3. The van der Waals surface area contributed by atoms with Gasteiger partial charge in [-0.1, -0.05) is 6.42 Å². The predicted octanol–water partition coefficient (Wildman–Crippen LogP) is 2.78.